The summed E-state index contributed by atoms with van der Waals surface area (Å²) in [6.07, 6.45) is 3.11. The van der Waals surface area contributed by atoms with Gasteiger partial charge in [-0.3, -0.25) is 4.79 Å². The quantitative estimate of drug-likeness (QED) is 0.573. The van der Waals surface area contributed by atoms with Gasteiger partial charge in [-0.05, 0) is 32.1 Å². The van der Waals surface area contributed by atoms with E-state index < -0.39 is 11.6 Å². The van der Waals surface area contributed by atoms with Crippen molar-refractivity contribution in [2.24, 2.45) is 17.3 Å². The van der Waals surface area contributed by atoms with E-state index in [2.05, 4.69) is 4.74 Å². The molecule has 0 heterocycles. The molecule has 0 amide bonds. The first-order valence-electron chi connectivity index (χ1n) is 6.08. The van der Waals surface area contributed by atoms with Gasteiger partial charge in [-0.15, -0.1) is 0 Å². The molecule has 0 aliphatic heterocycles. The standard InChI is InChI=1S/C14H22O4/c1-13(2,3)18-12(16)11-9(14(11,4)5)7-8-10(15)17-6/h7-9,11H,1-6H3/b8-7-. The van der Waals surface area contributed by atoms with E-state index >= 15 is 0 Å². The van der Waals surface area contributed by atoms with Crippen molar-refractivity contribution in [3.8, 4) is 0 Å². The van der Waals surface area contributed by atoms with Gasteiger partial charge in [-0.2, -0.15) is 0 Å². The van der Waals surface area contributed by atoms with Crippen molar-refractivity contribution >= 4 is 11.9 Å². The van der Waals surface area contributed by atoms with Crippen molar-refractivity contribution in [2.45, 2.75) is 40.2 Å². The molecule has 18 heavy (non-hydrogen) atoms. The first kappa shape index (κ1) is 14.7. The van der Waals surface area contributed by atoms with Gasteiger partial charge < -0.3 is 9.47 Å². The summed E-state index contributed by atoms with van der Waals surface area (Å²) in [5.74, 6) is -0.753. The number of allylic oxidation sites excluding steroid dienone is 1. The Balaban J connectivity index is 2.66. The second kappa shape index (κ2) is 4.75. The smallest absolute Gasteiger partial charge is 0.330 e. The molecule has 0 spiro atoms. The lowest BCUT2D eigenvalue weighted by atomic mass is 10.1. The molecular weight excluding hydrogens is 232 g/mol. The molecule has 0 aromatic rings. The summed E-state index contributed by atoms with van der Waals surface area (Å²) >= 11 is 0. The fourth-order valence-electron chi connectivity index (χ4n) is 2.10. The predicted octanol–water partition coefficient (Wildman–Crippen LogP) is 2.33. The van der Waals surface area contributed by atoms with Crippen LogP contribution in [0.1, 0.15) is 34.6 Å². The van der Waals surface area contributed by atoms with E-state index in [1.54, 1.807) is 6.08 Å². The van der Waals surface area contributed by atoms with Gasteiger partial charge >= 0.3 is 11.9 Å². The van der Waals surface area contributed by atoms with Crippen LogP contribution in [-0.4, -0.2) is 24.6 Å². The van der Waals surface area contributed by atoms with Crippen LogP contribution in [0.15, 0.2) is 12.2 Å². The van der Waals surface area contributed by atoms with E-state index in [4.69, 9.17) is 4.74 Å². The fourth-order valence-corrected chi connectivity index (χ4v) is 2.10. The summed E-state index contributed by atoms with van der Waals surface area (Å²) in [4.78, 5) is 23.0. The van der Waals surface area contributed by atoms with Crippen LogP contribution < -0.4 is 0 Å². The number of rotatable bonds is 3. The molecule has 2 unspecified atom stereocenters. The van der Waals surface area contributed by atoms with Crippen LogP contribution in [0.5, 0.6) is 0 Å². The topological polar surface area (TPSA) is 52.6 Å². The minimum atomic E-state index is -0.480. The number of ether oxygens (including phenoxy) is 2. The normalized spacial score (nSPS) is 25.9. The largest absolute Gasteiger partial charge is 0.466 e. The van der Waals surface area contributed by atoms with Gasteiger partial charge in [0.2, 0.25) is 0 Å². The summed E-state index contributed by atoms with van der Waals surface area (Å²) in [5, 5.41) is 0. The molecule has 0 radical (unpaired) electrons. The highest BCUT2D eigenvalue weighted by atomic mass is 16.6. The molecule has 0 aromatic carbocycles. The summed E-state index contributed by atoms with van der Waals surface area (Å²) in [5.41, 5.74) is -0.640. The fraction of sp³-hybridized carbons (Fsp3) is 0.714. The van der Waals surface area contributed by atoms with Crippen molar-refractivity contribution in [3.05, 3.63) is 12.2 Å². The van der Waals surface area contributed by atoms with E-state index in [-0.39, 0.29) is 23.2 Å². The van der Waals surface area contributed by atoms with Crippen LogP contribution in [0.4, 0.5) is 0 Å². The molecular formula is C14H22O4. The maximum atomic E-state index is 12.0. The van der Waals surface area contributed by atoms with Gasteiger partial charge in [0, 0.05) is 6.08 Å². The Bertz CT molecular complexity index is 374. The lowest BCUT2D eigenvalue weighted by Crippen LogP contribution is -2.26. The Hall–Kier alpha value is -1.32. The minimum absolute atomic E-state index is 0.0337. The number of carbonyl (C=O) groups excluding carboxylic acids is 2. The molecule has 1 aliphatic rings. The van der Waals surface area contributed by atoms with E-state index in [9.17, 15) is 9.59 Å². The molecule has 0 N–H and O–H groups in total. The van der Waals surface area contributed by atoms with Gasteiger partial charge in [-0.25, -0.2) is 4.79 Å². The van der Waals surface area contributed by atoms with Crippen LogP contribution in [0.25, 0.3) is 0 Å². The summed E-state index contributed by atoms with van der Waals surface area (Å²) in [6.45, 7) is 9.53. The SMILES string of the molecule is COC(=O)/C=C\C1C(C(=O)OC(C)(C)C)C1(C)C. The molecule has 4 heteroatoms. The zero-order valence-electron chi connectivity index (χ0n) is 11.9. The van der Waals surface area contributed by atoms with Crippen molar-refractivity contribution < 1.29 is 19.1 Å². The maximum Gasteiger partial charge on any atom is 0.330 e. The van der Waals surface area contributed by atoms with Gasteiger partial charge in [-0.1, -0.05) is 19.9 Å². The van der Waals surface area contributed by atoms with Crippen molar-refractivity contribution in [1.29, 1.82) is 0 Å². The summed E-state index contributed by atoms with van der Waals surface area (Å²) in [7, 11) is 1.33. The van der Waals surface area contributed by atoms with Crippen molar-refractivity contribution in [2.75, 3.05) is 7.11 Å². The summed E-state index contributed by atoms with van der Waals surface area (Å²) in [6, 6.07) is 0. The van der Waals surface area contributed by atoms with Gasteiger partial charge in [0.25, 0.3) is 0 Å². The second-order valence-electron chi connectivity index (χ2n) is 6.24. The second-order valence-corrected chi connectivity index (χ2v) is 6.24. The van der Waals surface area contributed by atoms with E-state index in [1.807, 2.05) is 34.6 Å². The highest BCUT2D eigenvalue weighted by molar-refractivity contribution is 5.83. The van der Waals surface area contributed by atoms with Crippen LogP contribution in [0.3, 0.4) is 0 Å². The average Bonchev–Trinajstić information content (AvgIpc) is 2.74. The highest BCUT2D eigenvalue weighted by Crippen LogP contribution is 2.59. The maximum absolute atomic E-state index is 12.0. The Morgan fingerprint density at radius 1 is 1.22 bits per heavy atom. The monoisotopic (exact) mass is 254 g/mol. The molecule has 4 nitrogen and oxygen atoms in total. The van der Waals surface area contributed by atoms with Gasteiger partial charge in [0.15, 0.2) is 0 Å². The molecule has 1 saturated carbocycles. The molecule has 1 aliphatic carbocycles. The number of hydrogen-bond donors (Lipinski definition) is 0. The van der Waals surface area contributed by atoms with Crippen LogP contribution in [0.2, 0.25) is 0 Å². The number of hydrogen-bond acceptors (Lipinski definition) is 4. The zero-order valence-corrected chi connectivity index (χ0v) is 11.9. The zero-order chi connectivity index (χ0) is 14.1. The first-order chi connectivity index (χ1) is 8.09. The Labute approximate surface area is 108 Å². The molecule has 1 fully saturated rings. The lowest BCUT2D eigenvalue weighted by molar-refractivity contribution is -0.157. The van der Waals surface area contributed by atoms with E-state index in [0.29, 0.717) is 0 Å². The van der Waals surface area contributed by atoms with Crippen molar-refractivity contribution in [3.63, 3.8) is 0 Å². The van der Waals surface area contributed by atoms with E-state index in [1.165, 1.54) is 13.2 Å². The van der Waals surface area contributed by atoms with Gasteiger partial charge in [0.1, 0.15) is 5.60 Å². The number of carbonyl (C=O) groups is 2. The van der Waals surface area contributed by atoms with Crippen LogP contribution in [-0.2, 0) is 19.1 Å². The third kappa shape index (κ3) is 3.34. The molecule has 102 valence electrons. The molecule has 2 atom stereocenters. The molecule has 0 aromatic heterocycles. The number of esters is 2. The Morgan fingerprint density at radius 2 is 1.78 bits per heavy atom. The summed E-state index contributed by atoms with van der Waals surface area (Å²) < 4.78 is 9.90. The Morgan fingerprint density at radius 3 is 2.22 bits per heavy atom. The molecule has 0 bridgehead atoms. The first-order valence-corrected chi connectivity index (χ1v) is 6.08. The third-order valence-electron chi connectivity index (χ3n) is 3.21. The Kier molecular flexibility index (Phi) is 3.89. The highest BCUT2D eigenvalue weighted by Gasteiger charge is 2.61. The minimum Gasteiger partial charge on any atom is -0.466 e. The molecule has 1 rings (SSSR count). The van der Waals surface area contributed by atoms with Crippen LogP contribution >= 0.6 is 0 Å². The van der Waals surface area contributed by atoms with Crippen molar-refractivity contribution in [1.82, 2.24) is 0 Å². The predicted molar refractivity (Wildman–Crippen MR) is 67.8 cm³/mol. The molecule has 0 saturated heterocycles. The van der Waals surface area contributed by atoms with E-state index in [0.717, 1.165) is 0 Å². The average molecular weight is 254 g/mol. The lowest BCUT2D eigenvalue weighted by Gasteiger charge is -2.19. The third-order valence-corrected chi connectivity index (χ3v) is 3.21. The van der Waals surface area contributed by atoms with Gasteiger partial charge in [0.05, 0.1) is 13.0 Å². The van der Waals surface area contributed by atoms with Crippen LogP contribution in [0, 0.1) is 17.3 Å². The number of methoxy groups -OCH3 is 1.